The van der Waals surface area contributed by atoms with Gasteiger partial charge in [0.2, 0.25) is 0 Å². The molecule has 0 unspecified atom stereocenters. The Labute approximate surface area is 212 Å². The van der Waals surface area contributed by atoms with E-state index in [1.165, 1.54) is 12.2 Å². The Morgan fingerprint density at radius 3 is 2.14 bits per heavy atom. The molecule has 11 nitrogen and oxygen atoms in total. The lowest BCUT2D eigenvalue weighted by atomic mass is 9.80. The molecule has 6 atom stereocenters. The molecule has 0 aromatic rings. The molecule has 0 amide bonds. The van der Waals surface area contributed by atoms with Gasteiger partial charge >= 0.3 is 29.8 Å². The number of carbonyl (C=O) groups is 5. The van der Waals surface area contributed by atoms with E-state index in [0.717, 1.165) is 19.3 Å². The lowest BCUT2D eigenvalue weighted by molar-refractivity contribution is -0.154. The number of carbonyl (C=O) groups excluding carboxylic acids is 5. The average molecular weight is 519 g/mol. The van der Waals surface area contributed by atoms with Gasteiger partial charge in [0.25, 0.3) is 0 Å². The van der Waals surface area contributed by atoms with Crippen molar-refractivity contribution in [2.24, 2.45) is 11.8 Å². The molecule has 0 radical (unpaired) electrons. The van der Waals surface area contributed by atoms with Crippen LogP contribution in [0.2, 0.25) is 0 Å². The van der Waals surface area contributed by atoms with Crippen molar-refractivity contribution in [3.63, 3.8) is 0 Å². The quantitative estimate of drug-likeness (QED) is 0.179. The third-order valence-corrected chi connectivity index (χ3v) is 7.38. The summed E-state index contributed by atoms with van der Waals surface area (Å²) in [5.41, 5.74) is -1.10. The molecular weight excluding hydrogens is 488 g/mol. The largest absolute Gasteiger partial charge is 0.456 e. The van der Waals surface area contributed by atoms with Gasteiger partial charge in [-0.25, -0.2) is 24.0 Å². The van der Waals surface area contributed by atoms with Crippen molar-refractivity contribution < 1.29 is 53.5 Å². The standard InChI is InChI=1S/C26H30O11/c1-2-3-4-5-7-15(27)20-18-13(23(31)36-25(18)33)10-12(21(29)16-8-6-9-17(28)35-16)11-14-19(22(20)30)26(34)37-24(14)32/h6,9,12,15-16,20-22,27,29-30H,2-5,7-8,10-11H2,1H3/t12-,15-,16+,20-,21+,22-/m1/s1. The maximum atomic E-state index is 12.8. The van der Waals surface area contributed by atoms with Crippen LogP contribution in [0.1, 0.15) is 58.3 Å². The van der Waals surface area contributed by atoms with Gasteiger partial charge in [0.15, 0.2) is 0 Å². The molecule has 3 heterocycles. The number of ether oxygens (including phenoxy) is 3. The van der Waals surface area contributed by atoms with Gasteiger partial charge < -0.3 is 29.5 Å². The Bertz CT molecular complexity index is 1100. The summed E-state index contributed by atoms with van der Waals surface area (Å²) in [5, 5.41) is 33.6. The zero-order valence-electron chi connectivity index (χ0n) is 20.4. The Morgan fingerprint density at radius 2 is 1.51 bits per heavy atom. The second-order valence-corrected chi connectivity index (χ2v) is 9.80. The fourth-order valence-corrected chi connectivity index (χ4v) is 5.48. The van der Waals surface area contributed by atoms with Crippen LogP contribution in [0.4, 0.5) is 0 Å². The minimum atomic E-state index is -1.84. The van der Waals surface area contributed by atoms with Gasteiger partial charge in [-0.1, -0.05) is 38.7 Å². The van der Waals surface area contributed by atoms with Crippen LogP contribution in [-0.2, 0) is 38.2 Å². The van der Waals surface area contributed by atoms with E-state index < -0.39 is 71.7 Å². The van der Waals surface area contributed by atoms with E-state index in [9.17, 15) is 39.3 Å². The first-order chi connectivity index (χ1) is 17.6. The minimum Gasteiger partial charge on any atom is -0.456 e. The van der Waals surface area contributed by atoms with E-state index in [1.54, 1.807) is 0 Å². The van der Waals surface area contributed by atoms with Gasteiger partial charge in [-0.05, 0) is 25.2 Å². The monoisotopic (exact) mass is 518 g/mol. The Kier molecular flexibility index (Phi) is 8.05. The van der Waals surface area contributed by atoms with Gasteiger partial charge in [-0.15, -0.1) is 0 Å². The third-order valence-electron chi connectivity index (χ3n) is 7.38. The summed E-state index contributed by atoms with van der Waals surface area (Å²) in [6, 6.07) is 0. The molecule has 4 aliphatic rings. The molecule has 1 aliphatic carbocycles. The van der Waals surface area contributed by atoms with Gasteiger partial charge in [0.05, 0.1) is 35.0 Å². The number of unbranched alkanes of at least 4 members (excludes halogenated alkanes) is 3. The number of hydrogen-bond acceptors (Lipinski definition) is 11. The van der Waals surface area contributed by atoms with E-state index in [2.05, 4.69) is 0 Å². The molecule has 0 spiro atoms. The van der Waals surface area contributed by atoms with Crippen molar-refractivity contribution in [3.05, 3.63) is 34.4 Å². The first kappa shape index (κ1) is 26.9. The average Bonchev–Trinajstić information content (AvgIpc) is 3.30. The smallest absolute Gasteiger partial charge is 0.345 e. The van der Waals surface area contributed by atoms with Crippen molar-refractivity contribution in [1.82, 2.24) is 0 Å². The fourth-order valence-electron chi connectivity index (χ4n) is 5.48. The van der Waals surface area contributed by atoms with Crippen LogP contribution in [0.15, 0.2) is 34.4 Å². The summed E-state index contributed by atoms with van der Waals surface area (Å²) in [7, 11) is 0. The Morgan fingerprint density at radius 1 is 0.892 bits per heavy atom. The van der Waals surface area contributed by atoms with Crippen LogP contribution >= 0.6 is 0 Å². The van der Waals surface area contributed by atoms with E-state index >= 15 is 0 Å². The summed E-state index contributed by atoms with van der Waals surface area (Å²) in [6.45, 7) is 2.02. The number of rotatable bonds is 8. The predicted molar refractivity (Wildman–Crippen MR) is 123 cm³/mol. The molecule has 0 saturated carbocycles. The summed E-state index contributed by atoms with van der Waals surface area (Å²) < 4.78 is 14.8. The molecule has 0 aromatic heterocycles. The van der Waals surface area contributed by atoms with Crippen LogP contribution in [0.5, 0.6) is 0 Å². The summed E-state index contributed by atoms with van der Waals surface area (Å²) in [4.78, 5) is 62.6. The van der Waals surface area contributed by atoms with E-state index in [-0.39, 0.29) is 42.4 Å². The third kappa shape index (κ3) is 5.29. The van der Waals surface area contributed by atoms with Crippen molar-refractivity contribution in [2.75, 3.05) is 0 Å². The normalized spacial score (nSPS) is 29.7. The first-order valence-corrected chi connectivity index (χ1v) is 12.5. The summed E-state index contributed by atoms with van der Waals surface area (Å²) in [6.07, 6.45) is 0.0132. The Hall–Kier alpha value is -3.15. The number of aliphatic hydroxyl groups excluding tert-OH is 3. The van der Waals surface area contributed by atoms with Gasteiger partial charge in [-0.2, -0.15) is 0 Å². The minimum absolute atomic E-state index is 0.155. The highest BCUT2D eigenvalue weighted by Gasteiger charge is 2.51. The van der Waals surface area contributed by atoms with Crippen LogP contribution < -0.4 is 0 Å². The number of hydrogen-bond donors (Lipinski definition) is 3. The summed E-state index contributed by atoms with van der Waals surface area (Å²) >= 11 is 0. The topological polar surface area (TPSA) is 174 Å². The van der Waals surface area contributed by atoms with Crippen molar-refractivity contribution >= 4 is 29.8 Å². The molecule has 200 valence electrons. The predicted octanol–water partition coefficient (Wildman–Crippen LogP) is 0.697. The van der Waals surface area contributed by atoms with Crippen molar-refractivity contribution in [3.8, 4) is 0 Å². The lowest BCUT2D eigenvalue weighted by Gasteiger charge is -2.30. The molecular formula is C26H30O11. The molecule has 0 bridgehead atoms. The summed E-state index contributed by atoms with van der Waals surface area (Å²) in [5.74, 6) is -7.33. The molecule has 3 aliphatic heterocycles. The van der Waals surface area contributed by atoms with Gasteiger partial charge in [-0.3, -0.25) is 0 Å². The van der Waals surface area contributed by atoms with Crippen molar-refractivity contribution in [2.45, 2.75) is 82.7 Å². The highest BCUT2D eigenvalue weighted by atomic mass is 16.6. The molecule has 11 heteroatoms. The van der Waals surface area contributed by atoms with Gasteiger partial charge in [0.1, 0.15) is 6.10 Å². The second kappa shape index (κ2) is 11.1. The molecule has 0 aromatic carbocycles. The van der Waals surface area contributed by atoms with Crippen LogP contribution in [0.3, 0.4) is 0 Å². The number of aliphatic hydroxyl groups is 3. The first-order valence-electron chi connectivity index (χ1n) is 12.5. The van der Waals surface area contributed by atoms with Crippen LogP contribution in [0.25, 0.3) is 0 Å². The van der Waals surface area contributed by atoms with Gasteiger partial charge in [0, 0.05) is 24.0 Å². The van der Waals surface area contributed by atoms with Crippen LogP contribution in [0, 0.1) is 11.8 Å². The highest BCUT2D eigenvalue weighted by molar-refractivity contribution is 6.15. The maximum absolute atomic E-state index is 12.8. The molecule has 37 heavy (non-hydrogen) atoms. The van der Waals surface area contributed by atoms with E-state index in [0.29, 0.717) is 6.42 Å². The zero-order valence-corrected chi connectivity index (χ0v) is 20.4. The van der Waals surface area contributed by atoms with E-state index in [4.69, 9.17) is 14.2 Å². The number of esters is 5. The fraction of sp³-hybridized carbons (Fsp3) is 0.577. The lowest BCUT2D eigenvalue weighted by Crippen LogP contribution is -2.39. The zero-order chi connectivity index (χ0) is 26.9. The van der Waals surface area contributed by atoms with Crippen molar-refractivity contribution in [1.29, 1.82) is 0 Å². The maximum Gasteiger partial charge on any atom is 0.345 e. The molecule has 0 saturated heterocycles. The Balaban J connectivity index is 1.78. The second-order valence-electron chi connectivity index (χ2n) is 9.80. The highest BCUT2D eigenvalue weighted by Crippen LogP contribution is 2.43. The van der Waals surface area contributed by atoms with Crippen LogP contribution in [-0.4, -0.2) is 69.6 Å². The molecule has 0 fully saturated rings. The SMILES string of the molecule is CCCCCC[C@@H](O)[C@@H]1C2=C(C[C@@H]([C@H](O)[C@@H]3CC=CC(=O)O3)CC3=C(C(=O)OC3=O)[C@H]1O)C(=O)OC2=O. The number of cyclic esters (lactones) is 5. The van der Waals surface area contributed by atoms with E-state index in [1.807, 2.05) is 6.92 Å². The molecule has 3 N–H and O–H groups in total. The molecule has 4 rings (SSSR count).